The van der Waals surface area contributed by atoms with Gasteiger partial charge in [-0.15, -0.1) is 0 Å². The van der Waals surface area contributed by atoms with Crippen molar-refractivity contribution in [1.29, 1.82) is 0 Å². The van der Waals surface area contributed by atoms with Crippen LogP contribution >= 0.6 is 0 Å². The van der Waals surface area contributed by atoms with Gasteiger partial charge in [0, 0.05) is 20.2 Å². The summed E-state index contributed by atoms with van der Waals surface area (Å²) in [5, 5.41) is 3.44. The van der Waals surface area contributed by atoms with E-state index in [1.807, 2.05) is 0 Å². The summed E-state index contributed by atoms with van der Waals surface area (Å²) in [7, 11) is 1.74. The molecule has 0 spiro atoms. The molecule has 1 fully saturated rings. The zero-order valence-corrected chi connectivity index (χ0v) is 12.9. The third-order valence-electron chi connectivity index (χ3n) is 4.16. The van der Waals surface area contributed by atoms with Gasteiger partial charge in [-0.1, -0.05) is 31.2 Å². The van der Waals surface area contributed by atoms with Crippen molar-refractivity contribution in [3.8, 4) is 0 Å². The first-order valence-corrected chi connectivity index (χ1v) is 7.81. The predicted octanol–water partition coefficient (Wildman–Crippen LogP) is 2.65. The van der Waals surface area contributed by atoms with Crippen LogP contribution in [-0.2, 0) is 17.9 Å². The van der Waals surface area contributed by atoms with Gasteiger partial charge in [-0.3, -0.25) is 4.90 Å². The SMILES string of the molecule is CCN(Cc1ccc(COC)cc1)CC1CCNCC1. The Labute approximate surface area is 123 Å². The van der Waals surface area contributed by atoms with E-state index in [0.717, 1.165) is 19.0 Å². The van der Waals surface area contributed by atoms with E-state index in [-0.39, 0.29) is 0 Å². The molecule has 0 aliphatic carbocycles. The lowest BCUT2D eigenvalue weighted by molar-refractivity contribution is 0.185. The van der Waals surface area contributed by atoms with Crippen molar-refractivity contribution >= 4 is 0 Å². The molecule has 2 rings (SSSR count). The summed E-state index contributed by atoms with van der Waals surface area (Å²) in [5.74, 6) is 0.865. The first kappa shape index (κ1) is 15.5. The third-order valence-corrected chi connectivity index (χ3v) is 4.16. The number of rotatable bonds is 7. The number of piperidine rings is 1. The van der Waals surface area contributed by atoms with Crippen LogP contribution < -0.4 is 5.32 Å². The van der Waals surface area contributed by atoms with Crippen molar-refractivity contribution in [2.24, 2.45) is 5.92 Å². The number of hydrogen-bond donors (Lipinski definition) is 1. The fourth-order valence-electron chi connectivity index (χ4n) is 2.90. The topological polar surface area (TPSA) is 24.5 Å². The summed E-state index contributed by atoms with van der Waals surface area (Å²) in [5.41, 5.74) is 2.65. The zero-order chi connectivity index (χ0) is 14.2. The van der Waals surface area contributed by atoms with Crippen molar-refractivity contribution in [2.45, 2.75) is 32.9 Å². The average Bonchev–Trinajstić information content (AvgIpc) is 2.50. The number of ether oxygens (including phenoxy) is 1. The van der Waals surface area contributed by atoms with Crippen LogP contribution in [0.4, 0.5) is 0 Å². The molecule has 0 amide bonds. The molecule has 1 aromatic carbocycles. The van der Waals surface area contributed by atoms with Gasteiger partial charge < -0.3 is 10.1 Å². The largest absolute Gasteiger partial charge is 0.380 e. The molecule has 3 heteroatoms. The van der Waals surface area contributed by atoms with E-state index in [4.69, 9.17) is 4.74 Å². The van der Waals surface area contributed by atoms with E-state index >= 15 is 0 Å². The molecule has 0 atom stereocenters. The molecule has 0 aromatic heterocycles. The summed E-state index contributed by atoms with van der Waals surface area (Å²) in [6, 6.07) is 8.83. The molecular weight excluding hydrogens is 248 g/mol. The number of benzene rings is 1. The maximum atomic E-state index is 5.15. The number of nitrogens with zero attached hydrogens (tertiary/aromatic N) is 1. The van der Waals surface area contributed by atoms with E-state index in [0.29, 0.717) is 6.61 Å². The highest BCUT2D eigenvalue weighted by Gasteiger charge is 2.16. The van der Waals surface area contributed by atoms with Crippen LogP contribution in [0.3, 0.4) is 0 Å². The van der Waals surface area contributed by atoms with Crippen LogP contribution in [0, 0.1) is 5.92 Å². The minimum absolute atomic E-state index is 0.701. The van der Waals surface area contributed by atoms with Crippen molar-refractivity contribution in [3.05, 3.63) is 35.4 Å². The van der Waals surface area contributed by atoms with Gasteiger partial charge in [0.05, 0.1) is 6.61 Å². The maximum absolute atomic E-state index is 5.15. The Morgan fingerprint density at radius 1 is 1.15 bits per heavy atom. The second-order valence-corrected chi connectivity index (χ2v) is 5.77. The molecule has 0 radical (unpaired) electrons. The molecule has 1 N–H and O–H groups in total. The van der Waals surface area contributed by atoms with E-state index in [1.54, 1.807) is 7.11 Å². The highest BCUT2D eigenvalue weighted by atomic mass is 16.5. The molecule has 0 saturated carbocycles. The molecule has 1 aliphatic heterocycles. The van der Waals surface area contributed by atoms with Crippen LogP contribution in [-0.4, -0.2) is 38.2 Å². The van der Waals surface area contributed by atoms with Crippen molar-refractivity contribution in [2.75, 3.05) is 33.3 Å². The van der Waals surface area contributed by atoms with Crippen molar-refractivity contribution < 1.29 is 4.74 Å². The molecule has 112 valence electrons. The van der Waals surface area contributed by atoms with Crippen LogP contribution in [0.15, 0.2) is 24.3 Å². The average molecular weight is 276 g/mol. The minimum atomic E-state index is 0.701. The Bertz CT molecular complexity index is 371. The molecule has 1 aromatic rings. The molecule has 0 bridgehead atoms. The Morgan fingerprint density at radius 3 is 2.40 bits per heavy atom. The summed E-state index contributed by atoms with van der Waals surface area (Å²) < 4.78 is 5.15. The maximum Gasteiger partial charge on any atom is 0.0713 e. The standard InChI is InChI=1S/C17H28N2O/c1-3-19(13-16-8-10-18-11-9-16)12-15-4-6-17(7-5-15)14-20-2/h4-7,16,18H,3,8-14H2,1-2H3. The van der Waals surface area contributed by atoms with E-state index in [9.17, 15) is 0 Å². The second kappa shape index (κ2) is 8.40. The van der Waals surface area contributed by atoms with Gasteiger partial charge in [0.2, 0.25) is 0 Å². The first-order chi connectivity index (χ1) is 9.81. The Balaban J connectivity index is 1.85. The van der Waals surface area contributed by atoms with Crippen molar-refractivity contribution in [3.63, 3.8) is 0 Å². The lowest BCUT2D eigenvalue weighted by atomic mass is 9.97. The highest BCUT2D eigenvalue weighted by Crippen LogP contribution is 2.15. The van der Waals surface area contributed by atoms with Crippen LogP contribution in [0.25, 0.3) is 0 Å². The van der Waals surface area contributed by atoms with Gasteiger partial charge in [-0.2, -0.15) is 0 Å². The third kappa shape index (κ3) is 4.89. The molecule has 1 aliphatic rings. The van der Waals surface area contributed by atoms with Gasteiger partial charge >= 0.3 is 0 Å². The van der Waals surface area contributed by atoms with Gasteiger partial charge in [0.25, 0.3) is 0 Å². The Kier molecular flexibility index (Phi) is 6.51. The summed E-state index contributed by atoms with van der Waals surface area (Å²) in [6.45, 7) is 8.77. The molecule has 1 saturated heterocycles. The lowest BCUT2D eigenvalue weighted by Gasteiger charge is -2.29. The quantitative estimate of drug-likeness (QED) is 0.828. The van der Waals surface area contributed by atoms with Crippen LogP contribution in [0.1, 0.15) is 30.9 Å². The van der Waals surface area contributed by atoms with Gasteiger partial charge in [0.15, 0.2) is 0 Å². The van der Waals surface area contributed by atoms with Gasteiger partial charge in [0.1, 0.15) is 0 Å². The van der Waals surface area contributed by atoms with Crippen LogP contribution in [0.2, 0.25) is 0 Å². The van der Waals surface area contributed by atoms with E-state index in [1.165, 1.54) is 43.6 Å². The summed E-state index contributed by atoms with van der Waals surface area (Å²) in [6.07, 6.45) is 2.65. The predicted molar refractivity (Wildman–Crippen MR) is 83.7 cm³/mol. The molecule has 20 heavy (non-hydrogen) atoms. The number of methoxy groups -OCH3 is 1. The number of nitrogens with one attached hydrogen (secondary N) is 1. The monoisotopic (exact) mass is 276 g/mol. The zero-order valence-electron chi connectivity index (χ0n) is 12.9. The number of hydrogen-bond acceptors (Lipinski definition) is 3. The fraction of sp³-hybridized carbons (Fsp3) is 0.647. The van der Waals surface area contributed by atoms with Crippen molar-refractivity contribution in [1.82, 2.24) is 10.2 Å². The summed E-state index contributed by atoms with van der Waals surface area (Å²) >= 11 is 0. The lowest BCUT2D eigenvalue weighted by Crippen LogP contribution is -2.35. The minimum Gasteiger partial charge on any atom is -0.380 e. The highest BCUT2D eigenvalue weighted by molar-refractivity contribution is 5.22. The normalized spacial score (nSPS) is 16.8. The van der Waals surface area contributed by atoms with Gasteiger partial charge in [-0.05, 0) is 49.5 Å². The van der Waals surface area contributed by atoms with E-state index in [2.05, 4.69) is 41.4 Å². The van der Waals surface area contributed by atoms with E-state index < -0.39 is 0 Å². The molecule has 0 unspecified atom stereocenters. The molecular formula is C17H28N2O. The Morgan fingerprint density at radius 2 is 1.80 bits per heavy atom. The smallest absolute Gasteiger partial charge is 0.0713 e. The molecule has 1 heterocycles. The van der Waals surface area contributed by atoms with Crippen LogP contribution in [0.5, 0.6) is 0 Å². The fourth-order valence-corrected chi connectivity index (χ4v) is 2.90. The first-order valence-electron chi connectivity index (χ1n) is 7.81. The second-order valence-electron chi connectivity index (χ2n) is 5.77. The molecule has 3 nitrogen and oxygen atoms in total. The Hall–Kier alpha value is -0.900. The van der Waals surface area contributed by atoms with Gasteiger partial charge in [-0.25, -0.2) is 0 Å². The summed E-state index contributed by atoms with van der Waals surface area (Å²) in [4.78, 5) is 2.57.